The summed E-state index contributed by atoms with van der Waals surface area (Å²) in [6, 6.07) is 10.9. The lowest BCUT2D eigenvalue weighted by Gasteiger charge is -2.19. The van der Waals surface area contributed by atoms with Crippen LogP contribution in [0.5, 0.6) is 5.75 Å². The number of aromatic hydroxyl groups is 1. The van der Waals surface area contributed by atoms with Crippen molar-refractivity contribution in [3.63, 3.8) is 0 Å². The Balaban J connectivity index is 1.57. The Morgan fingerprint density at radius 3 is 2.38 bits per heavy atom. The minimum absolute atomic E-state index is 0.0561. The maximum absolute atomic E-state index is 13.1. The average Bonchev–Trinajstić information content (AvgIpc) is 2.99. The highest BCUT2D eigenvalue weighted by atomic mass is 32.2. The molecule has 3 aromatic rings. The number of hydrogen-bond acceptors (Lipinski definition) is 6. The van der Waals surface area contributed by atoms with Gasteiger partial charge < -0.3 is 10.0 Å². The smallest absolute Gasteiger partial charge is 0.323 e. The van der Waals surface area contributed by atoms with Gasteiger partial charge in [-0.3, -0.25) is 10.0 Å². The van der Waals surface area contributed by atoms with Crippen molar-refractivity contribution in [2.45, 2.75) is 44.4 Å². The van der Waals surface area contributed by atoms with Gasteiger partial charge in [0.05, 0.1) is 15.5 Å². The lowest BCUT2D eigenvalue weighted by molar-refractivity contribution is 0.214. The van der Waals surface area contributed by atoms with Gasteiger partial charge in [0.1, 0.15) is 5.75 Å². The van der Waals surface area contributed by atoms with Gasteiger partial charge in [-0.25, -0.2) is 18.2 Å². The number of phenolic OH excluding ortho intramolecular Hbond substituents is 1. The Bertz CT molecular complexity index is 1280. The predicted molar refractivity (Wildman–Crippen MR) is 135 cm³/mol. The average molecular weight is 501 g/mol. The summed E-state index contributed by atoms with van der Waals surface area (Å²) in [5.41, 5.74) is 2.39. The molecule has 10 heteroatoms. The molecule has 0 spiro atoms. The lowest BCUT2D eigenvalue weighted by atomic mass is 10.1. The highest BCUT2D eigenvalue weighted by Gasteiger charge is 2.21. The monoisotopic (exact) mass is 500 g/mol. The summed E-state index contributed by atoms with van der Waals surface area (Å²) in [4.78, 5) is 20.0. The van der Waals surface area contributed by atoms with Crippen molar-refractivity contribution in [1.82, 2.24) is 9.88 Å². The Kier molecular flexibility index (Phi) is 7.08. The zero-order valence-electron chi connectivity index (χ0n) is 19.2. The van der Waals surface area contributed by atoms with Crippen LogP contribution < -0.4 is 10.0 Å². The van der Waals surface area contributed by atoms with Crippen LogP contribution in [0.25, 0.3) is 10.4 Å². The molecule has 1 saturated heterocycles. The maximum atomic E-state index is 13.1. The third-order valence-corrected chi connectivity index (χ3v) is 8.41. The number of amides is 2. The van der Waals surface area contributed by atoms with E-state index in [-0.39, 0.29) is 16.7 Å². The van der Waals surface area contributed by atoms with Gasteiger partial charge >= 0.3 is 6.03 Å². The van der Waals surface area contributed by atoms with E-state index in [1.165, 1.54) is 35.6 Å². The van der Waals surface area contributed by atoms with Crippen molar-refractivity contribution in [3.8, 4) is 16.2 Å². The summed E-state index contributed by atoms with van der Waals surface area (Å²) in [5.74, 6) is 0.0561. The van der Waals surface area contributed by atoms with Gasteiger partial charge in [-0.05, 0) is 68.1 Å². The Morgan fingerprint density at radius 1 is 1.03 bits per heavy atom. The second-order valence-corrected chi connectivity index (χ2v) is 11.0. The molecule has 2 amide bonds. The van der Waals surface area contributed by atoms with E-state index in [2.05, 4.69) is 15.0 Å². The van der Waals surface area contributed by atoms with E-state index in [4.69, 9.17) is 0 Å². The van der Waals surface area contributed by atoms with Gasteiger partial charge in [0.25, 0.3) is 10.0 Å². The molecular formula is C24H28N4O4S2. The Hall–Kier alpha value is -3.11. The fourth-order valence-electron chi connectivity index (χ4n) is 3.93. The van der Waals surface area contributed by atoms with Crippen LogP contribution in [0.3, 0.4) is 0 Å². The molecule has 4 rings (SSSR count). The van der Waals surface area contributed by atoms with Crippen molar-refractivity contribution in [3.05, 3.63) is 53.7 Å². The fraction of sp³-hybridized carbons (Fsp3) is 0.333. The summed E-state index contributed by atoms with van der Waals surface area (Å²) >= 11 is 1.33. The van der Waals surface area contributed by atoms with Crippen LogP contribution >= 0.6 is 11.3 Å². The number of urea groups is 1. The third-order valence-electron chi connectivity index (χ3n) is 5.76. The molecule has 1 aromatic heterocycles. The molecule has 1 aliphatic rings. The summed E-state index contributed by atoms with van der Waals surface area (Å²) in [7, 11) is -3.85. The van der Waals surface area contributed by atoms with Crippen LogP contribution in [-0.2, 0) is 10.0 Å². The first kappa shape index (κ1) is 24.0. The molecule has 34 heavy (non-hydrogen) atoms. The number of rotatable bonds is 5. The topological polar surface area (TPSA) is 112 Å². The molecule has 2 aromatic carbocycles. The van der Waals surface area contributed by atoms with E-state index in [0.717, 1.165) is 49.3 Å². The third kappa shape index (κ3) is 5.51. The first-order valence-corrected chi connectivity index (χ1v) is 13.5. The van der Waals surface area contributed by atoms with Crippen LogP contribution in [0.15, 0.2) is 47.4 Å². The van der Waals surface area contributed by atoms with Gasteiger partial charge in [0.15, 0.2) is 5.13 Å². The largest absolute Gasteiger partial charge is 0.508 e. The number of carbonyl (C=O) groups is 1. The Labute approximate surface area is 203 Å². The van der Waals surface area contributed by atoms with E-state index in [1.807, 2.05) is 17.9 Å². The summed E-state index contributed by atoms with van der Waals surface area (Å²) < 4.78 is 28.7. The molecule has 0 atom stereocenters. The van der Waals surface area contributed by atoms with Gasteiger partial charge in [-0.2, -0.15) is 0 Å². The lowest BCUT2D eigenvalue weighted by Crippen LogP contribution is -2.35. The van der Waals surface area contributed by atoms with Crippen LogP contribution in [0.1, 0.15) is 36.9 Å². The predicted octanol–water partition coefficient (Wildman–Crippen LogP) is 5.34. The van der Waals surface area contributed by atoms with Crippen molar-refractivity contribution < 1.29 is 18.3 Å². The summed E-state index contributed by atoms with van der Waals surface area (Å²) in [6.07, 6.45) is 4.30. The quantitative estimate of drug-likeness (QED) is 0.409. The number of hydrogen-bond donors (Lipinski definition) is 3. The molecule has 1 fully saturated rings. The minimum Gasteiger partial charge on any atom is -0.508 e. The SMILES string of the molecule is Cc1ccc(-c2sc(NC(=O)N3CCCCCC3)nc2C)cc1S(=O)(=O)Nc1ccc(O)cc1. The zero-order chi connectivity index (χ0) is 24.3. The normalized spacial score (nSPS) is 14.5. The molecule has 3 N–H and O–H groups in total. The van der Waals surface area contributed by atoms with E-state index in [0.29, 0.717) is 21.9 Å². The highest BCUT2D eigenvalue weighted by Crippen LogP contribution is 2.35. The molecule has 180 valence electrons. The number of aryl methyl sites for hydroxylation is 2. The Morgan fingerprint density at radius 2 is 1.71 bits per heavy atom. The molecule has 1 aliphatic heterocycles. The van der Waals surface area contributed by atoms with Crippen LogP contribution in [0.2, 0.25) is 0 Å². The van der Waals surface area contributed by atoms with E-state index < -0.39 is 10.0 Å². The molecule has 8 nitrogen and oxygen atoms in total. The van der Waals surface area contributed by atoms with Gasteiger partial charge in [-0.1, -0.05) is 36.3 Å². The van der Waals surface area contributed by atoms with E-state index >= 15 is 0 Å². The van der Waals surface area contributed by atoms with Crippen molar-refractivity contribution in [1.29, 1.82) is 0 Å². The number of likely N-dealkylation sites (tertiary alicyclic amines) is 1. The molecule has 0 radical (unpaired) electrons. The van der Waals surface area contributed by atoms with Crippen molar-refractivity contribution in [2.24, 2.45) is 0 Å². The molecule has 0 bridgehead atoms. The molecule has 2 heterocycles. The number of phenols is 1. The molecule has 0 unspecified atom stereocenters. The number of thiazole rings is 1. The summed E-state index contributed by atoms with van der Waals surface area (Å²) in [5, 5.41) is 12.8. The fourth-order valence-corrected chi connectivity index (χ4v) is 6.22. The molecule has 0 saturated carbocycles. The zero-order valence-corrected chi connectivity index (χ0v) is 20.8. The number of benzene rings is 2. The number of anilines is 2. The van der Waals surface area contributed by atoms with Crippen LogP contribution in [0.4, 0.5) is 15.6 Å². The maximum Gasteiger partial charge on any atom is 0.323 e. The first-order valence-electron chi connectivity index (χ1n) is 11.2. The molecular weight excluding hydrogens is 472 g/mol. The number of aromatic nitrogens is 1. The first-order chi connectivity index (χ1) is 16.2. The highest BCUT2D eigenvalue weighted by molar-refractivity contribution is 7.92. The van der Waals surface area contributed by atoms with Crippen LogP contribution in [-0.4, -0.2) is 42.5 Å². The van der Waals surface area contributed by atoms with Gasteiger partial charge in [0.2, 0.25) is 0 Å². The molecule has 0 aliphatic carbocycles. The van der Waals surface area contributed by atoms with Crippen molar-refractivity contribution >= 4 is 38.2 Å². The van der Waals surface area contributed by atoms with Gasteiger partial charge in [0, 0.05) is 18.8 Å². The standard InChI is InChI=1S/C24H28N4O4S2/c1-16-7-8-18(15-21(16)34(31,32)27-19-9-11-20(29)12-10-19)22-17(2)25-23(33-22)26-24(30)28-13-5-3-4-6-14-28/h7-12,15,27,29H,3-6,13-14H2,1-2H3,(H,25,26,30). The van der Waals surface area contributed by atoms with Crippen LogP contribution in [0, 0.1) is 13.8 Å². The second-order valence-electron chi connectivity index (χ2n) is 8.40. The minimum atomic E-state index is -3.85. The van der Waals surface area contributed by atoms with Gasteiger partial charge in [-0.15, -0.1) is 0 Å². The number of carbonyl (C=O) groups excluding carboxylic acids is 1. The van der Waals surface area contributed by atoms with Crippen molar-refractivity contribution in [2.75, 3.05) is 23.1 Å². The number of nitrogens with one attached hydrogen (secondary N) is 2. The summed E-state index contributed by atoms with van der Waals surface area (Å²) in [6.45, 7) is 5.07. The van der Waals surface area contributed by atoms with E-state index in [1.54, 1.807) is 19.1 Å². The number of sulfonamides is 1. The second kappa shape index (κ2) is 10.0. The van der Waals surface area contributed by atoms with E-state index in [9.17, 15) is 18.3 Å². The number of nitrogens with zero attached hydrogens (tertiary/aromatic N) is 2.